The van der Waals surface area contributed by atoms with Crippen molar-refractivity contribution < 1.29 is 14.3 Å². The zero-order chi connectivity index (χ0) is 19.0. The van der Waals surface area contributed by atoms with E-state index in [1.165, 1.54) is 0 Å². The van der Waals surface area contributed by atoms with Gasteiger partial charge in [-0.1, -0.05) is 6.07 Å². The molecule has 0 aliphatic carbocycles. The number of carbonyl (C=O) groups is 2. The van der Waals surface area contributed by atoms with Crippen molar-refractivity contribution in [3.63, 3.8) is 0 Å². The minimum atomic E-state index is -0.286. The summed E-state index contributed by atoms with van der Waals surface area (Å²) in [5.74, 6) is -0.146. The lowest BCUT2D eigenvalue weighted by Gasteiger charge is -2.37. The molecular weight excluding hydrogens is 332 g/mol. The molecule has 4 N–H and O–H groups in total. The number of carbonyl (C=O) groups excluding carboxylic acids is 2. The highest BCUT2D eigenvalue weighted by Crippen LogP contribution is 2.28. The third-order valence-electron chi connectivity index (χ3n) is 4.54. The number of anilines is 1. The predicted octanol–water partition coefficient (Wildman–Crippen LogP) is 1.96. The molecule has 0 unspecified atom stereocenters. The Morgan fingerprint density at radius 2 is 2.00 bits per heavy atom. The summed E-state index contributed by atoms with van der Waals surface area (Å²) in [5, 5.41) is 11.9. The van der Waals surface area contributed by atoms with Crippen LogP contribution in [0.1, 0.15) is 37.0 Å². The second-order valence-electron chi connectivity index (χ2n) is 7.20. The highest BCUT2D eigenvalue weighted by Gasteiger charge is 2.32. The summed E-state index contributed by atoms with van der Waals surface area (Å²) in [5.41, 5.74) is 1.08. The molecule has 0 atom stereocenters. The van der Waals surface area contributed by atoms with Crippen LogP contribution < -0.4 is 21.3 Å². The fourth-order valence-electron chi connectivity index (χ4n) is 3.17. The van der Waals surface area contributed by atoms with Gasteiger partial charge < -0.3 is 26.0 Å². The van der Waals surface area contributed by atoms with Gasteiger partial charge in [0.1, 0.15) is 0 Å². The molecule has 1 heterocycles. The normalized spacial score (nSPS) is 16.2. The number of hydrogen-bond donors (Lipinski definition) is 4. The van der Waals surface area contributed by atoms with Gasteiger partial charge in [0.05, 0.1) is 6.61 Å². The summed E-state index contributed by atoms with van der Waals surface area (Å²) >= 11 is 0. The molecule has 144 valence electrons. The van der Waals surface area contributed by atoms with Crippen molar-refractivity contribution in [1.82, 2.24) is 16.0 Å². The Kier molecular flexibility index (Phi) is 7.41. The minimum absolute atomic E-state index is 0.0251. The Bertz CT molecular complexity index is 607. The van der Waals surface area contributed by atoms with Crippen molar-refractivity contribution in [1.29, 1.82) is 0 Å². The van der Waals surface area contributed by atoms with Crippen molar-refractivity contribution in [3.8, 4) is 0 Å². The first-order valence-electron chi connectivity index (χ1n) is 9.09. The van der Waals surface area contributed by atoms with Crippen LogP contribution in [-0.2, 0) is 4.74 Å². The van der Waals surface area contributed by atoms with Crippen molar-refractivity contribution in [2.75, 3.05) is 38.7 Å². The zero-order valence-electron chi connectivity index (χ0n) is 15.9. The third kappa shape index (κ3) is 6.00. The fourth-order valence-corrected chi connectivity index (χ4v) is 3.17. The van der Waals surface area contributed by atoms with Gasteiger partial charge in [0.25, 0.3) is 5.91 Å². The maximum Gasteiger partial charge on any atom is 0.319 e. The molecular formula is C19H30N4O3. The Morgan fingerprint density at radius 3 is 2.65 bits per heavy atom. The first-order chi connectivity index (χ1) is 12.4. The number of nitrogens with one attached hydrogen (secondary N) is 4. The number of urea groups is 1. The van der Waals surface area contributed by atoms with E-state index < -0.39 is 0 Å². The van der Waals surface area contributed by atoms with Crippen molar-refractivity contribution >= 4 is 17.6 Å². The minimum Gasteiger partial charge on any atom is -0.384 e. The molecule has 1 aliphatic rings. The second kappa shape index (κ2) is 9.54. The van der Waals surface area contributed by atoms with Gasteiger partial charge in [-0.15, -0.1) is 0 Å². The average molecular weight is 362 g/mol. The molecule has 1 fully saturated rings. The summed E-state index contributed by atoms with van der Waals surface area (Å²) in [4.78, 5) is 24.4. The molecule has 0 spiro atoms. The smallest absolute Gasteiger partial charge is 0.319 e. The number of amides is 3. The molecule has 0 radical (unpaired) electrons. The second-order valence-corrected chi connectivity index (χ2v) is 7.20. The van der Waals surface area contributed by atoms with Crippen LogP contribution in [0.3, 0.4) is 0 Å². The number of hydrogen-bond acceptors (Lipinski definition) is 4. The maximum atomic E-state index is 12.6. The van der Waals surface area contributed by atoms with Gasteiger partial charge in [-0.2, -0.15) is 0 Å². The summed E-state index contributed by atoms with van der Waals surface area (Å²) in [6.07, 6.45) is 1.94. The van der Waals surface area contributed by atoms with E-state index in [-0.39, 0.29) is 23.4 Å². The molecule has 1 aromatic carbocycles. The van der Waals surface area contributed by atoms with E-state index in [2.05, 4.69) is 21.3 Å². The summed E-state index contributed by atoms with van der Waals surface area (Å²) in [7, 11) is 1.70. The van der Waals surface area contributed by atoms with Crippen LogP contribution in [0.4, 0.5) is 10.5 Å². The molecule has 26 heavy (non-hydrogen) atoms. The van der Waals surface area contributed by atoms with Crippen molar-refractivity contribution in [2.24, 2.45) is 5.41 Å². The van der Waals surface area contributed by atoms with Crippen LogP contribution in [0.25, 0.3) is 0 Å². The van der Waals surface area contributed by atoms with E-state index >= 15 is 0 Å². The predicted molar refractivity (Wildman–Crippen MR) is 102 cm³/mol. The van der Waals surface area contributed by atoms with Crippen molar-refractivity contribution in [2.45, 2.75) is 32.7 Å². The lowest BCUT2D eigenvalue weighted by Crippen LogP contribution is -2.47. The summed E-state index contributed by atoms with van der Waals surface area (Å²) in [6, 6.07) is 6.70. The number of rotatable bonds is 7. The van der Waals surface area contributed by atoms with Gasteiger partial charge in [-0.25, -0.2) is 4.79 Å². The van der Waals surface area contributed by atoms with Crippen LogP contribution in [0.2, 0.25) is 0 Å². The summed E-state index contributed by atoms with van der Waals surface area (Å²) < 4.78 is 5.38. The van der Waals surface area contributed by atoms with Gasteiger partial charge in [0.2, 0.25) is 0 Å². The topological polar surface area (TPSA) is 91.5 Å². The zero-order valence-corrected chi connectivity index (χ0v) is 15.9. The van der Waals surface area contributed by atoms with E-state index in [1.54, 1.807) is 31.4 Å². The largest absolute Gasteiger partial charge is 0.384 e. The first-order valence-corrected chi connectivity index (χ1v) is 9.09. The Labute approximate surface area is 155 Å². The molecule has 1 aliphatic heterocycles. The summed E-state index contributed by atoms with van der Waals surface area (Å²) in [6.45, 7) is 6.85. The lowest BCUT2D eigenvalue weighted by molar-refractivity contribution is 0.0512. The van der Waals surface area contributed by atoms with E-state index in [4.69, 9.17) is 4.74 Å². The Morgan fingerprint density at radius 1 is 1.27 bits per heavy atom. The van der Waals surface area contributed by atoms with Crippen molar-refractivity contribution in [3.05, 3.63) is 29.8 Å². The van der Waals surface area contributed by atoms with Crippen LogP contribution in [0.5, 0.6) is 0 Å². The SMILES string of the molecule is COCC1(CNC(=O)c2cccc(NC(=O)NC(C)C)c2)CCNCC1. The lowest BCUT2D eigenvalue weighted by atomic mass is 9.79. The fraction of sp³-hybridized carbons (Fsp3) is 0.579. The molecule has 7 nitrogen and oxygen atoms in total. The monoisotopic (exact) mass is 362 g/mol. The van der Waals surface area contributed by atoms with Crippen LogP contribution in [-0.4, -0.2) is 51.3 Å². The number of benzene rings is 1. The van der Waals surface area contributed by atoms with E-state index in [1.807, 2.05) is 13.8 Å². The van der Waals surface area contributed by atoms with Gasteiger partial charge >= 0.3 is 6.03 Å². The average Bonchev–Trinajstić information content (AvgIpc) is 2.60. The molecule has 1 saturated heterocycles. The number of methoxy groups -OCH3 is 1. The third-order valence-corrected chi connectivity index (χ3v) is 4.54. The van der Waals surface area contributed by atoms with E-state index in [0.717, 1.165) is 25.9 Å². The standard InChI is InChI=1S/C19H30N4O3/c1-14(2)22-18(25)23-16-6-4-5-15(11-16)17(24)21-12-19(13-26-3)7-9-20-10-8-19/h4-6,11,14,20H,7-10,12-13H2,1-3H3,(H,21,24)(H2,22,23,25). The Hall–Kier alpha value is -2.12. The van der Waals surface area contributed by atoms with Gasteiger partial charge in [0, 0.05) is 36.4 Å². The molecule has 0 aromatic heterocycles. The molecule has 0 saturated carbocycles. The highest BCUT2D eigenvalue weighted by atomic mass is 16.5. The van der Waals surface area contributed by atoms with Gasteiger partial charge in [-0.3, -0.25) is 4.79 Å². The number of piperidine rings is 1. The van der Waals surface area contributed by atoms with Crippen LogP contribution >= 0.6 is 0 Å². The van der Waals surface area contributed by atoms with Crippen LogP contribution in [0.15, 0.2) is 24.3 Å². The molecule has 3 amide bonds. The number of ether oxygens (including phenoxy) is 1. The maximum absolute atomic E-state index is 12.6. The van der Waals surface area contributed by atoms with Crippen LogP contribution in [0, 0.1) is 5.41 Å². The van der Waals surface area contributed by atoms with E-state index in [9.17, 15) is 9.59 Å². The van der Waals surface area contributed by atoms with Gasteiger partial charge in [-0.05, 0) is 58.0 Å². The molecule has 2 rings (SSSR count). The Balaban J connectivity index is 1.96. The molecule has 1 aromatic rings. The highest BCUT2D eigenvalue weighted by molar-refractivity contribution is 5.96. The van der Waals surface area contributed by atoms with Gasteiger partial charge in [0.15, 0.2) is 0 Å². The first kappa shape index (κ1) is 20.2. The molecule has 0 bridgehead atoms. The quantitative estimate of drug-likeness (QED) is 0.597. The molecule has 7 heteroatoms. The van der Waals surface area contributed by atoms with E-state index in [0.29, 0.717) is 24.4 Å².